The number of ether oxygens (including phenoxy) is 3. The van der Waals surface area contributed by atoms with Crippen molar-refractivity contribution in [2.75, 3.05) is 19.8 Å². The second-order valence-corrected chi connectivity index (χ2v) is 9.40. The Labute approximate surface area is 222 Å². The Kier molecular flexibility index (Phi) is 13.1. The van der Waals surface area contributed by atoms with Crippen LogP contribution in [0, 0.1) is 0 Å². The van der Waals surface area contributed by atoms with Gasteiger partial charge < -0.3 is 19.9 Å². The molecule has 1 atom stereocenters. The van der Waals surface area contributed by atoms with E-state index in [0.29, 0.717) is 19.0 Å². The van der Waals surface area contributed by atoms with E-state index in [-0.39, 0.29) is 6.04 Å². The van der Waals surface area contributed by atoms with Gasteiger partial charge in [0.15, 0.2) is 0 Å². The zero-order valence-corrected chi connectivity index (χ0v) is 22.2. The van der Waals surface area contributed by atoms with E-state index in [0.717, 1.165) is 49.5 Å². The zero-order chi connectivity index (χ0) is 26.0. The number of aliphatic imine (C=N–C) groups is 1. The van der Waals surface area contributed by atoms with Gasteiger partial charge in [-0.25, -0.2) is 0 Å². The average molecular weight is 503 g/mol. The van der Waals surface area contributed by atoms with Crippen molar-refractivity contribution in [3.8, 4) is 11.5 Å². The van der Waals surface area contributed by atoms with Gasteiger partial charge in [0.25, 0.3) is 0 Å². The smallest absolute Gasteiger partial charge is 0.120 e. The van der Waals surface area contributed by atoms with Crippen LogP contribution in [0.15, 0.2) is 89.9 Å². The summed E-state index contributed by atoms with van der Waals surface area (Å²) in [6.07, 6.45) is 7.83. The van der Waals surface area contributed by atoms with E-state index in [4.69, 9.17) is 19.9 Å². The van der Waals surface area contributed by atoms with Gasteiger partial charge >= 0.3 is 0 Å². The van der Waals surface area contributed by atoms with Gasteiger partial charge in [-0.05, 0) is 61.6 Å². The maximum absolute atomic E-state index is 5.92. The summed E-state index contributed by atoms with van der Waals surface area (Å²) in [6.45, 7) is 4.54. The molecule has 0 heterocycles. The summed E-state index contributed by atoms with van der Waals surface area (Å²) in [7, 11) is 0. The molecule has 0 aromatic heterocycles. The maximum atomic E-state index is 5.92. The fourth-order valence-corrected chi connectivity index (χ4v) is 4.11. The van der Waals surface area contributed by atoms with Crippen LogP contribution < -0.4 is 15.2 Å². The Morgan fingerprint density at radius 2 is 1.22 bits per heavy atom. The van der Waals surface area contributed by atoms with Crippen molar-refractivity contribution < 1.29 is 14.2 Å². The lowest BCUT2D eigenvalue weighted by atomic mass is 10.1. The molecule has 0 bridgehead atoms. The molecule has 0 aliphatic rings. The van der Waals surface area contributed by atoms with Gasteiger partial charge in [0.1, 0.15) is 18.1 Å². The molecule has 37 heavy (non-hydrogen) atoms. The molecule has 0 radical (unpaired) electrons. The molecule has 5 heteroatoms. The topological polar surface area (TPSA) is 66.1 Å². The summed E-state index contributed by atoms with van der Waals surface area (Å²) >= 11 is 0. The molecule has 3 aromatic rings. The Balaban J connectivity index is 1.17. The predicted octanol–water partition coefficient (Wildman–Crippen LogP) is 6.99. The number of nitrogens with zero attached hydrogens (tertiary/aromatic N) is 1. The molecule has 0 unspecified atom stereocenters. The molecular weight excluding hydrogens is 460 g/mol. The quantitative estimate of drug-likeness (QED) is 0.116. The highest BCUT2D eigenvalue weighted by Crippen LogP contribution is 2.19. The first-order chi connectivity index (χ1) is 18.2. The minimum atomic E-state index is 0.0745. The number of rotatable bonds is 18. The van der Waals surface area contributed by atoms with Crippen LogP contribution >= 0.6 is 0 Å². The van der Waals surface area contributed by atoms with Gasteiger partial charge in [0, 0.05) is 6.61 Å². The highest BCUT2D eigenvalue weighted by molar-refractivity contribution is 5.77. The normalized spacial score (nSPS) is 12.3. The first kappa shape index (κ1) is 28.3. The molecule has 0 spiro atoms. The predicted molar refractivity (Wildman–Crippen MR) is 152 cm³/mol. The van der Waals surface area contributed by atoms with Crippen LogP contribution in [0.5, 0.6) is 11.5 Å². The van der Waals surface area contributed by atoms with E-state index in [1.54, 1.807) is 0 Å². The van der Waals surface area contributed by atoms with Crippen LogP contribution in [0.1, 0.15) is 56.6 Å². The minimum Gasteiger partial charge on any atom is -0.494 e. The lowest BCUT2D eigenvalue weighted by molar-refractivity contribution is 0.117. The molecule has 3 rings (SSSR count). The number of hydrogen-bond donors (Lipinski definition) is 1. The highest BCUT2D eigenvalue weighted by atomic mass is 16.5. The van der Waals surface area contributed by atoms with Gasteiger partial charge in [-0.15, -0.1) is 0 Å². The number of nitrogens with two attached hydrogens (primary N) is 1. The van der Waals surface area contributed by atoms with Crippen molar-refractivity contribution in [1.29, 1.82) is 0 Å². The monoisotopic (exact) mass is 502 g/mol. The molecule has 0 aliphatic carbocycles. The zero-order valence-electron chi connectivity index (χ0n) is 22.2. The Bertz CT molecular complexity index is 1000. The molecular formula is C32H42N2O3. The second-order valence-electron chi connectivity index (χ2n) is 9.40. The lowest BCUT2D eigenvalue weighted by Gasteiger charge is -2.14. The largest absolute Gasteiger partial charge is 0.494 e. The summed E-state index contributed by atoms with van der Waals surface area (Å²) in [6, 6.07) is 28.5. The SMILES string of the molecule is CC(N)=N[C@H](COCCCCCCCCOc1ccc(OCc2ccccc2)cc1)Cc1ccccc1. The summed E-state index contributed by atoms with van der Waals surface area (Å²) in [4.78, 5) is 4.55. The minimum absolute atomic E-state index is 0.0745. The van der Waals surface area contributed by atoms with E-state index in [2.05, 4.69) is 41.4 Å². The van der Waals surface area contributed by atoms with Gasteiger partial charge in [0.05, 0.1) is 25.1 Å². The molecule has 3 aromatic carbocycles. The van der Waals surface area contributed by atoms with E-state index >= 15 is 0 Å². The Hall–Kier alpha value is -3.31. The van der Waals surface area contributed by atoms with Crippen LogP contribution in [0.3, 0.4) is 0 Å². The van der Waals surface area contributed by atoms with Crippen molar-refractivity contribution >= 4 is 5.84 Å². The summed E-state index contributed by atoms with van der Waals surface area (Å²) in [5, 5.41) is 0. The molecule has 0 saturated carbocycles. The standard InChI is InChI=1S/C32H42N2O3/c1-27(33)34-30(24-28-14-8-6-9-15-28)26-35-22-12-4-2-3-5-13-23-36-31-18-20-32(21-19-31)37-25-29-16-10-7-11-17-29/h6-11,14-21,30H,2-5,12-13,22-26H2,1H3,(H2,33,34)/t30-/m0/s1. The highest BCUT2D eigenvalue weighted by Gasteiger charge is 2.09. The molecule has 0 saturated heterocycles. The fourth-order valence-electron chi connectivity index (χ4n) is 4.11. The Morgan fingerprint density at radius 3 is 1.84 bits per heavy atom. The third-order valence-corrected chi connectivity index (χ3v) is 6.03. The van der Waals surface area contributed by atoms with E-state index < -0.39 is 0 Å². The van der Waals surface area contributed by atoms with Crippen LogP contribution in [-0.4, -0.2) is 31.7 Å². The van der Waals surface area contributed by atoms with Crippen LogP contribution in [0.2, 0.25) is 0 Å². The van der Waals surface area contributed by atoms with Gasteiger partial charge in [0.2, 0.25) is 0 Å². The average Bonchev–Trinajstić information content (AvgIpc) is 2.92. The molecule has 0 fully saturated rings. The van der Waals surface area contributed by atoms with E-state index in [1.807, 2.05) is 55.5 Å². The molecule has 0 amide bonds. The first-order valence-electron chi connectivity index (χ1n) is 13.5. The molecule has 198 valence electrons. The third-order valence-electron chi connectivity index (χ3n) is 6.03. The first-order valence-corrected chi connectivity index (χ1v) is 13.5. The second kappa shape index (κ2) is 17.2. The molecule has 2 N–H and O–H groups in total. The number of unbranched alkanes of at least 4 members (excludes halogenated alkanes) is 5. The molecule has 5 nitrogen and oxygen atoms in total. The van der Waals surface area contributed by atoms with Crippen molar-refractivity contribution in [2.45, 2.75) is 64.5 Å². The van der Waals surface area contributed by atoms with Gasteiger partial charge in [-0.1, -0.05) is 86.3 Å². The fraction of sp³-hybridized carbons (Fsp3) is 0.406. The number of amidine groups is 1. The van der Waals surface area contributed by atoms with E-state index in [1.165, 1.54) is 31.2 Å². The summed E-state index contributed by atoms with van der Waals surface area (Å²) < 4.78 is 17.6. The summed E-state index contributed by atoms with van der Waals surface area (Å²) in [5.74, 6) is 2.36. The van der Waals surface area contributed by atoms with Crippen molar-refractivity contribution in [3.63, 3.8) is 0 Å². The maximum Gasteiger partial charge on any atom is 0.120 e. The Morgan fingerprint density at radius 1 is 0.676 bits per heavy atom. The van der Waals surface area contributed by atoms with Crippen molar-refractivity contribution in [2.24, 2.45) is 10.7 Å². The number of hydrogen-bond acceptors (Lipinski definition) is 4. The lowest BCUT2D eigenvalue weighted by Crippen LogP contribution is -2.21. The van der Waals surface area contributed by atoms with Crippen molar-refractivity contribution in [1.82, 2.24) is 0 Å². The molecule has 0 aliphatic heterocycles. The van der Waals surface area contributed by atoms with Crippen molar-refractivity contribution in [3.05, 3.63) is 96.1 Å². The van der Waals surface area contributed by atoms with E-state index in [9.17, 15) is 0 Å². The van der Waals surface area contributed by atoms with Gasteiger partial charge in [-0.2, -0.15) is 0 Å². The van der Waals surface area contributed by atoms with Gasteiger partial charge in [-0.3, -0.25) is 4.99 Å². The summed E-state index contributed by atoms with van der Waals surface area (Å²) in [5.41, 5.74) is 8.24. The number of benzene rings is 3. The van der Waals surface area contributed by atoms with Crippen LogP contribution in [0.25, 0.3) is 0 Å². The van der Waals surface area contributed by atoms with Crippen LogP contribution in [-0.2, 0) is 17.8 Å². The van der Waals surface area contributed by atoms with Crippen LogP contribution in [0.4, 0.5) is 0 Å². The third kappa shape index (κ3) is 12.5.